The molecule has 0 aromatic heterocycles. The zero-order valence-electron chi connectivity index (χ0n) is 16.1. The molecule has 2 unspecified atom stereocenters. The van der Waals surface area contributed by atoms with Crippen molar-refractivity contribution in [1.82, 2.24) is 0 Å². The fourth-order valence-electron chi connectivity index (χ4n) is 3.84. The van der Waals surface area contributed by atoms with Gasteiger partial charge in [-0.3, -0.25) is 4.79 Å². The van der Waals surface area contributed by atoms with Crippen LogP contribution in [0.3, 0.4) is 0 Å². The highest BCUT2D eigenvalue weighted by Crippen LogP contribution is 2.35. The number of hydrogen-bond acceptors (Lipinski definition) is 6. The summed E-state index contributed by atoms with van der Waals surface area (Å²) in [4.78, 5) is 12.4. The van der Waals surface area contributed by atoms with Crippen LogP contribution in [0.25, 0.3) is 0 Å². The van der Waals surface area contributed by atoms with Crippen LogP contribution in [0.1, 0.15) is 11.1 Å². The van der Waals surface area contributed by atoms with Crippen LogP contribution in [0.5, 0.6) is 23.0 Å². The summed E-state index contributed by atoms with van der Waals surface area (Å²) < 4.78 is 27.3. The molecule has 2 heterocycles. The maximum absolute atomic E-state index is 12.4. The predicted molar refractivity (Wildman–Crippen MR) is 102 cm³/mol. The molecule has 2 aliphatic rings. The van der Waals surface area contributed by atoms with Crippen LogP contribution in [0.15, 0.2) is 36.4 Å². The molecule has 0 saturated carbocycles. The average molecular weight is 384 g/mol. The minimum absolute atomic E-state index is 0.110. The summed E-state index contributed by atoms with van der Waals surface area (Å²) in [6.45, 7) is 1.54. The first kappa shape index (κ1) is 18.5. The van der Waals surface area contributed by atoms with Crippen molar-refractivity contribution in [1.29, 1.82) is 0 Å². The molecule has 0 aliphatic carbocycles. The second-order valence-corrected chi connectivity index (χ2v) is 7.07. The highest BCUT2D eigenvalue weighted by molar-refractivity contribution is 5.75. The van der Waals surface area contributed by atoms with Crippen molar-refractivity contribution in [2.75, 3.05) is 34.0 Å². The Morgan fingerprint density at radius 2 is 1.57 bits per heavy atom. The predicted octanol–water partition coefficient (Wildman–Crippen LogP) is 3.05. The number of ether oxygens (including phenoxy) is 5. The first-order valence-corrected chi connectivity index (χ1v) is 9.44. The Balaban J connectivity index is 1.49. The number of esters is 1. The molecule has 0 spiro atoms. The van der Waals surface area contributed by atoms with Gasteiger partial charge >= 0.3 is 5.97 Å². The summed E-state index contributed by atoms with van der Waals surface area (Å²) in [5.74, 6) is 2.67. The van der Waals surface area contributed by atoms with E-state index in [0.29, 0.717) is 37.7 Å². The van der Waals surface area contributed by atoms with E-state index >= 15 is 0 Å². The molecule has 6 heteroatoms. The molecule has 0 radical (unpaired) electrons. The molecule has 0 N–H and O–H groups in total. The Morgan fingerprint density at radius 1 is 0.857 bits per heavy atom. The van der Waals surface area contributed by atoms with Gasteiger partial charge in [-0.05, 0) is 48.2 Å². The molecule has 4 rings (SSSR count). The smallest absolute Gasteiger partial charge is 0.309 e. The molecular weight excluding hydrogens is 360 g/mol. The van der Waals surface area contributed by atoms with E-state index in [-0.39, 0.29) is 17.8 Å². The third kappa shape index (κ3) is 3.72. The Kier molecular flexibility index (Phi) is 5.28. The van der Waals surface area contributed by atoms with Gasteiger partial charge in [0.15, 0.2) is 23.0 Å². The first-order chi connectivity index (χ1) is 13.7. The second kappa shape index (κ2) is 8.00. The highest BCUT2D eigenvalue weighted by atomic mass is 16.6. The Morgan fingerprint density at radius 3 is 2.36 bits per heavy atom. The number of methoxy groups -OCH3 is 2. The van der Waals surface area contributed by atoms with E-state index in [9.17, 15) is 4.79 Å². The van der Waals surface area contributed by atoms with Crippen molar-refractivity contribution in [3.05, 3.63) is 47.5 Å². The summed E-state index contributed by atoms with van der Waals surface area (Å²) >= 11 is 0. The van der Waals surface area contributed by atoms with Gasteiger partial charge in [0.25, 0.3) is 0 Å². The normalized spacial score (nSPS) is 20.6. The van der Waals surface area contributed by atoms with E-state index in [1.807, 2.05) is 36.4 Å². The fourth-order valence-corrected chi connectivity index (χ4v) is 3.84. The summed E-state index contributed by atoms with van der Waals surface area (Å²) in [5.41, 5.74) is 2.14. The quantitative estimate of drug-likeness (QED) is 0.714. The molecule has 2 aliphatic heterocycles. The van der Waals surface area contributed by atoms with Crippen LogP contribution in [-0.4, -0.2) is 40.0 Å². The van der Waals surface area contributed by atoms with E-state index in [2.05, 4.69) is 0 Å². The van der Waals surface area contributed by atoms with Crippen molar-refractivity contribution < 1.29 is 28.5 Å². The van der Waals surface area contributed by atoms with Gasteiger partial charge in [-0.1, -0.05) is 12.1 Å². The average Bonchev–Trinajstić information content (AvgIpc) is 3.07. The Bertz CT molecular complexity index is 862. The lowest BCUT2D eigenvalue weighted by molar-refractivity contribution is -0.141. The number of benzene rings is 2. The van der Waals surface area contributed by atoms with Gasteiger partial charge in [-0.25, -0.2) is 0 Å². The van der Waals surface area contributed by atoms with E-state index in [4.69, 9.17) is 23.7 Å². The highest BCUT2D eigenvalue weighted by Gasteiger charge is 2.37. The molecule has 28 heavy (non-hydrogen) atoms. The number of fused-ring (bicyclic) bond motifs is 1. The van der Waals surface area contributed by atoms with Crippen LogP contribution in [0, 0.1) is 11.8 Å². The van der Waals surface area contributed by atoms with Gasteiger partial charge in [-0.2, -0.15) is 0 Å². The van der Waals surface area contributed by atoms with Gasteiger partial charge < -0.3 is 23.7 Å². The second-order valence-electron chi connectivity index (χ2n) is 7.07. The molecule has 6 nitrogen and oxygen atoms in total. The lowest BCUT2D eigenvalue weighted by atomic mass is 9.85. The van der Waals surface area contributed by atoms with Gasteiger partial charge in [0, 0.05) is 5.92 Å². The summed E-state index contributed by atoms with van der Waals surface area (Å²) in [5, 5.41) is 0. The maximum Gasteiger partial charge on any atom is 0.309 e. The minimum atomic E-state index is -0.185. The summed E-state index contributed by atoms with van der Waals surface area (Å²) in [7, 11) is 3.24. The number of carbonyl (C=O) groups is 1. The molecule has 1 saturated heterocycles. The number of hydrogen-bond donors (Lipinski definition) is 0. The van der Waals surface area contributed by atoms with Crippen LogP contribution in [-0.2, 0) is 22.4 Å². The molecule has 0 amide bonds. The van der Waals surface area contributed by atoms with Crippen molar-refractivity contribution in [2.24, 2.45) is 11.8 Å². The van der Waals surface area contributed by atoms with Crippen molar-refractivity contribution in [3.8, 4) is 23.0 Å². The number of cyclic esters (lactones) is 1. The van der Waals surface area contributed by atoms with Crippen LogP contribution in [0.4, 0.5) is 0 Å². The summed E-state index contributed by atoms with van der Waals surface area (Å²) in [6, 6.07) is 11.7. The van der Waals surface area contributed by atoms with Gasteiger partial charge in [0.2, 0.25) is 0 Å². The SMILES string of the molecule is COc1ccc(CC2COC(=O)C2Cc2ccc3c(c2)OCCO3)cc1OC. The van der Waals surface area contributed by atoms with Crippen LogP contribution < -0.4 is 18.9 Å². The molecule has 2 aromatic rings. The zero-order valence-corrected chi connectivity index (χ0v) is 16.1. The maximum atomic E-state index is 12.4. The van der Waals surface area contributed by atoms with Gasteiger partial charge in [0.1, 0.15) is 13.2 Å². The third-order valence-corrected chi connectivity index (χ3v) is 5.32. The molecule has 1 fully saturated rings. The lowest BCUT2D eigenvalue weighted by Crippen LogP contribution is -2.21. The topological polar surface area (TPSA) is 63.2 Å². The van der Waals surface area contributed by atoms with Crippen molar-refractivity contribution in [3.63, 3.8) is 0 Å². The Hall–Kier alpha value is -2.89. The van der Waals surface area contributed by atoms with Crippen LogP contribution in [0.2, 0.25) is 0 Å². The molecule has 2 atom stereocenters. The summed E-state index contributed by atoms with van der Waals surface area (Å²) in [6.07, 6.45) is 1.36. The standard InChI is InChI=1S/C22H24O6/c1-24-18-5-3-14(11-20(18)25-2)9-16-13-28-22(23)17(16)10-15-4-6-19-21(12-15)27-8-7-26-19/h3-6,11-12,16-17H,7-10,13H2,1-2H3. The first-order valence-electron chi connectivity index (χ1n) is 9.44. The van der Waals surface area contributed by atoms with Crippen molar-refractivity contribution >= 4 is 5.97 Å². The number of carbonyl (C=O) groups excluding carboxylic acids is 1. The van der Waals surface area contributed by atoms with Crippen molar-refractivity contribution in [2.45, 2.75) is 12.8 Å². The molecule has 0 bridgehead atoms. The van der Waals surface area contributed by atoms with Gasteiger partial charge in [0.05, 0.1) is 26.7 Å². The minimum Gasteiger partial charge on any atom is -0.493 e. The monoisotopic (exact) mass is 384 g/mol. The van der Waals surface area contributed by atoms with E-state index in [1.54, 1.807) is 14.2 Å². The number of rotatable bonds is 6. The van der Waals surface area contributed by atoms with Crippen LogP contribution >= 0.6 is 0 Å². The fraction of sp³-hybridized carbons (Fsp3) is 0.409. The molecular formula is C22H24O6. The van der Waals surface area contributed by atoms with Gasteiger partial charge in [-0.15, -0.1) is 0 Å². The zero-order chi connectivity index (χ0) is 19.5. The van der Waals surface area contributed by atoms with E-state index in [1.165, 1.54) is 0 Å². The largest absolute Gasteiger partial charge is 0.493 e. The Labute approximate surface area is 164 Å². The molecule has 148 valence electrons. The third-order valence-electron chi connectivity index (χ3n) is 5.32. The van der Waals surface area contributed by atoms with E-state index < -0.39 is 0 Å². The van der Waals surface area contributed by atoms with E-state index in [0.717, 1.165) is 29.0 Å². The lowest BCUT2D eigenvalue weighted by Gasteiger charge is -2.20. The molecule has 2 aromatic carbocycles.